The van der Waals surface area contributed by atoms with Crippen molar-refractivity contribution in [2.75, 3.05) is 26.7 Å². The van der Waals surface area contributed by atoms with Gasteiger partial charge in [-0.05, 0) is 60.0 Å². The second-order valence-electron chi connectivity index (χ2n) is 6.31. The predicted molar refractivity (Wildman–Crippen MR) is 73.4 cm³/mol. The van der Waals surface area contributed by atoms with Crippen molar-refractivity contribution in [3.05, 3.63) is 0 Å². The lowest BCUT2D eigenvalue weighted by molar-refractivity contribution is 0.0160. The molecule has 0 radical (unpaired) electrons. The summed E-state index contributed by atoms with van der Waals surface area (Å²) >= 11 is 0. The van der Waals surface area contributed by atoms with Gasteiger partial charge in [0.15, 0.2) is 0 Å². The lowest BCUT2D eigenvalue weighted by Gasteiger charge is -2.36. The van der Waals surface area contributed by atoms with Gasteiger partial charge in [0.25, 0.3) is 0 Å². The molecule has 3 heteroatoms. The molecule has 0 aromatic rings. The maximum absolute atomic E-state index is 5.47. The Kier molecular flexibility index (Phi) is 5.90. The fourth-order valence-corrected chi connectivity index (χ4v) is 2.40. The molecule has 0 amide bonds. The fraction of sp³-hybridized carbons (Fsp3) is 1.00. The molecule has 1 rings (SSSR count). The van der Waals surface area contributed by atoms with Gasteiger partial charge in [-0.15, -0.1) is 0 Å². The van der Waals surface area contributed by atoms with Gasteiger partial charge in [-0.3, -0.25) is 4.90 Å². The summed E-state index contributed by atoms with van der Waals surface area (Å²) in [5.74, 6) is 0. The van der Waals surface area contributed by atoms with Crippen LogP contribution in [0.1, 0.15) is 47.0 Å². The van der Waals surface area contributed by atoms with Crippen LogP contribution in [-0.4, -0.2) is 49.3 Å². The lowest BCUT2D eigenvalue weighted by atomic mass is 10.0. The molecule has 102 valence electrons. The van der Waals surface area contributed by atoms with Gasteiger partial charge < -0.3 is 10.1 Å². The van der Waals surface area contributed by atoms with Crippen LogP contribution in [0.5, 0.6) is 0 Å². The number of hydrogen-bond donors (Lipinski definition) is 1. The number of hydrogen-bond acceptors (Lipinski definition) is 3. The molecular weight excluding hydrogens is 212 g/mol. The third kappa shape index (κ3) is 5.84. The maximum atomic E-state index is 5.47. The van der Waals surface area contributed by atoms with Crippen LogP contribution in [0.3, 0.4) is 0 Å². The normalized spacial score (nSPS) is 24.9. The van der Waals surface area contributed by atoms with E-state index in [0.717, 1.165) is 13.1 Å². The molecule has 2 unspecified atom stereocenters. The first kappa shape index (κ1) is 14.9. The first-order valence-corrected chi connectivity index (χ1v) is 6.94. The fourth-order valence-electron chi connectivity index (χ4n) is 2.40. The molecular formula is C14H30N2O. The number of methoxy groups -OCH3 is 1. The number of likely N-dealkylation sites (tertiary alicyclic amines) is 1. The van der Waals surface area contributed by atoms with Crippen molar-refractivity contribution >= 4 is 0 Å². The van der Waals surface area contributed by atoms with Crippen LogP contribution in [0.4, 0.5) is 0 Å². The van der Waals surface area contributed by atoms with Gasteiger partial charge in [-0.2, -0.15) is 0 Å². The predicted octanol–water partition coefficient (Wildman–Crippen LogP) is 2.26. The highest BCUT2D eigenvalue weighted by atomic mass is 16.5. The average molecular weight is 242 g/mol. The first-order valence-electron chi connectivity index (χ1n) is 6.94. The molecule has 1 N–H and O–H groups in total. The summed E-state index contributed by atoms with van der Waals surface area (Å²) in [5.41, 5.74) is 0.233. The van der Waals surface area contributed by atoms with Crippen LogP contribution in [-0.2, 0) is 4.74 Å². The first-order chi connectivity index (χ1) is 7.92. The van der Waals surface area contributed by atoms with Crippen molar-refractivity contribution < 1.29 is 4.74 Å². The quantitative estimate of drug-likeness (QED) is 0.800. The van der Waals surface area contributed by atoms with E-state index in [9.17, 15) is 0 Å². The third-order valence-electron chi connectivity index (χ3n) is 3.58. The van der Waals surface area contributed by atoms with Crippen molar-refractivity contribution in [3.8, 4) is 0 Å². The molecule has 2 atom stereocenters. The minimum Gasteiger partial charge on any atom is -0.380 e. The number of ether oxygens (including phenoxy) is 1. The van der Waals surface area contributed by atoms with Crippen LogP contribution in [0, 0.1) is 0 Å². The molecule has 0 aromatic heterocycles. The molecule has 0 aliphatic carbocycles. The number of nitrogens with zero attached hydrogens (tertiary/aromatic N) is 1. The van der Waals surface area contributed by atoms with E-state index in [-0.39, 0.29) is 5.54 Å². The smallest absolute Gasteiger partial charge is 0.0698 e. The molecule has 0 aromatic carbocycles. The second kappa shape index (κ2) is 6.72. The van der Waals surface area contributed by atoms with E-state index in [2.05, 4.69) is 37.9 Å². The number of nitrogens with one attached hydrogen (secondary N) is 1. The highest BCUT2D eigenvalue weighted by Gasteiger charge is 2.23. The van der Waals surface area contributed by atoms with E-state index in [0.29, 0.717) is 12.1 Å². The van der Waals surface area contributed by atoms with Gasteiger partial charge >= 0.3 is 0 Å². The summed E-state index contributed by atoms with van der Waals surface area (Å²) in [6, 6.07) is 0.655. The van der Waals surface area contributed by atoms with Gasteiger partial charge in [-0.25, -0.2) is 0 Å². The van der Waals surface area contributed by atoms with Crippen molar-refractivity contribution in [2.45, 2.75) is 64.6 Å². The van der Waals surface area contributed by atoms with E-state index in [1.807, 2.05) is 7.11 Å². The number of piperidine rings is 1. The van der Waals surface area contributed by atoms with Gasteiger partial charge in [0.05, 0.1) is 6.10 Å². The molecule has 0 bridgehead atoms. The molecule has 0 saturated carbocycles. The zero-order valence-corrected chi connectivity index (χ0v) is 12.3. The van der Waals surface area contributed by atoms with Crippen LogP contribution >= 0.6 is 0 Å². The molecule has 1 aliphatic heterocycles. The minimum absolute atomic E-state index is 0.233. The summed E-state index contributed by atoms with van der Waals surface area (Å²) in [7, 11) is 1.83. The average Bonchev–Trinajstić information content (AvgIpc) is 2.27. The Labute approximate surface area is 107 Å². The maximum Gasteiger partial charge on any atom is 0.0698 e. The van der Waals surface area contributed by atoms with Crippen LogP contribution < -0.4 is 5.32 Å². The molecule has 0 spiro atoms. The van der Waals surface area contributed by atoms with Gasteiger partial charge in [0.1, 0.15) is 0 Å². The Morgan fingerprint density at radius 1 is 1.41 bits per heavy atom. The monoisotopic (exact) mass is 242 g/mol. The highest BCUT2D eigenvalue weighted by Crippen LogP contribution is 2.16. The summed E-state index contributed by atoms with van der Waals surface area (Å²) in [5, 5.41) is 3.56. The van der Waals surface area contributed by atoms with Gasteiger partial charge in [0.2, 0.25) is 0 Å². The molecule has 1 aliphatic rings. The Morgan fingerprint density at radius 2 is 2.12 bits per heavy atom. The Morgan fingerprint density at radius 3 is 2.71 bits per heavy atom. The van der Waals surface area contributed by atoms with Crippen LogP contribution in [0.25, 0.3) is 0 Å². The van der Waals surface area contributed by atoms with Gasteiger partial charge in [0, 0.05) is 25.2 Å². The largest absolute Gasteiger partial charge is 0.380 e. The van der Waals surface area contributed by atoms with E-state index >= 15 is 0 Å². The molecule has 1 saturated heterocycles. The second-order valence-corrected chi connectivity index (χ2v) is 6.31. The Bertz CT molecular complexity index is 213. The Hall–Kier alpha value is -0.120. The standard InChI is InChI=1S/C14H30N2O/c1-12(8-9-15-14(2,3)4)16-10-6-7-13(11-16)17-5/h12-13,15H,6-11H2,1-5H3. The van der Waals surface area contributed by atoms with Crippen LogP contribution in [0.2, 0.25) is 0 Å². The molecule has 3 nitrogen and oxygen atoms in total. The van der Waals surface area contributed by atoms with Crippen molar-refractivity contribution in [1.29, 1.82) is 0 Å². The lowest BCUT2D eigenvalue weighted by Crippen LogP contribution is -2.46. The summed E-state index contributed by atoms with van der Waals surface area (Å²) in [4.78, 5) is 2.57. The molecule has 17 heavy (non-hydrogen) atoms. The van der Waals surface area contributed by atoms with Crippen molar-refractivity contribution in [3.63, 3.8) is 0 Å². The molecule has 1 fully saturated rings. The zero-order valence-electron chi connectivity index (χ0n) is 12.3. The minimum atomic E-state index is 0.233. The number of rotatable bonds is 5. The SMILES string of the molecule is COC1CCCN(C(C)CCNC(C)(C)C)C1. The summed E-state index contributed by atoms with van der Waals surface area (Å²) < 4.78 is 5.47. The van der Waals surface area contributed by atoms with E-state index < -0.39 is 0 Å². The highest BCUT2D eigenvalue weighted by molar-refractivity contribution is 4.79. The molecule has 1 heterocycles. The van der Waals surface area contributed by atoms with E-state index in [1.54, 1.807) is 0 Å². The van der Waals surface area contributed by atoms with Crippen LogP contribution in [0.15, 0.2) is 0 Å². The third-order valence-corrected chi connectivity index (χ3v) is 3.58. The summed E-state index contributed by atoms with van der Waals surface area (Å²) in [6.45, 7) is 12.4. The summed E-state index contributed by atoms with van der Waals surface area (Å²) in [6.07, 6.45) is 4.16. The zero-order chi connectivity index (χ0) is 12.9. The van der Waals surface area contributed by atoms with E-state index in [4.69, 9.17) is 4.74 Å². The Balaban J connectivity index is 2.24. The van der Waals surface area contributed by atoms with Crippen molar-refractivity contribution in [1.82, 2.24) is 10.2 Å². The van der Waals surface area contributed by atoms with E-state index in [1.165, 1.54) is 25.8 Å². The topological polar surface area (TPSA) is 24.5 Å². The van der Waals surface area contributed by atoms with Gasteiger partial charge in [-0.1, -0.05) is 0 Å². The van der Waals surface area contributed by atoms with Crippen molar-refractivity contribution in [2.24, 2.45) is 0 Å².